The lowest BCUT2D eigenvalue weighted by Crippen LogP contribution is -2.26. The molecule has 1 heterocycles. The quantitative estimate of drug-likeness (QED) is 0.614. The highest BCUT2D eigenvalue weighted by Gasteiger charge is 2.24. The number of rotatable bonds is 3. The fourth-order valence-electron chi connectivity index (χ4n) is 4.25. The topological polar surface area (TPSA) is 6.48 Å². The van der Waals surface area contributed by atoms with E-state index in [1.54, 1.807) is 0 Å². The van der Waals surface area contributed by atoms with Crippen LogP contribution in [0.4, 0.5) is 11.4 Å². The van der Waals surface area contributed by atoms with Gasteiger partial charge in [-0.05, 0) is 43.5 Å². The number of anilines is 2. The average molecular weight is 342 g/mol. The largest absolute Gasteiger partial charge is 0.352 e. The molecule has 0 N–H and O–H groups in total. The molecule has 3 aromatic rings. The van der Waals surface area contributed by atoms with Gasteiger partial charge in [-0.15, -0.1) is 0 Å². The standard InChI is InChI=1S/C24H26N2/c1-18-15-19(2)24(20(3)16-18)26-14-13-25(17-26)23-12-8-7-11-22(23)21-9-5-4-6-10-21/h4-12,15-16H,13-14,17H2,1-3H3. The molecule has 1 aliphatic heterocycles. The molecular weight excluding hydrogens is 316 g/mol. The number of para-hydroxylation sites is 1. The summed E-state index contributed by atoms with van der Waals surface area (Å²) in [6.45, 7) is 9.70. The Labute approximate surface area is 156 Å². The summed E-state index contributed by atoms with van der Waals surface area (Å²) in [6.07, 6.45) is 0. The van der Waals surface area contributed by atoms with Crippen LogP contribution in [0.15, 0.2) is 66.7 Å². The maximum atomic E-state index is 2.52. The van der Waals surface area contributed by atoms with Crippen LogP contribution in [-0.4, -0.2) is 19.8 Å². The van der Waals surface area contributed by atoms with Crippen LogP contribution < -0.4 is 9.80 Å². The van der Waals surface area contributed by atoms with Gasteiger partial charge in [0.05, 0.1) is 6.67 Å². The molecule has 0 aromatic heterocycles. The zero-order valence-corrected chi connectivity index (χ0v) is 15.9. The summed E-state index contributed by atoms with van der Waals surface area (Å²) < 4.78 is 0. The minimum absolute atomic E-state index is 0.939. The summed E-state index contributed by atoms with van der Waals surface area (Å²) in [4.78, 5) is 5.02. The van der Waals surface area contributed by atoms with E-state index in [1.165, 1.54) is 39.2 Å². The van der Waals surface area contributed by atoms with E-state index < -0.39 is 0 Å². The molecule has 1 saturated heterocycles. The van der Waals surface area contributed by atoms with Crippen molar-refractivity contribution in [1.29, 1.82) is 0 Å². The minimum atomic E-state index is 0.939. The third kappa shape index (κ3) is 3.08. The molecule has 26 heavy (non-hydrogen) atoms. The lowest BCUT2D eigenvalue weighted by atomic mass is 10.0. The van der Waals surface area contributed by atoms with Gasteiger partial charge in [0, 0.05) is 30.0 Å². The van der Waals surface area contributed by atoms with Crippen molar-refractivity contribution in [1.82, 2.24) is 0 Å². The van der Waals surface area contributed by atoms with E-state index in [2.05, 4.69) is 97.3 Å². The molecule has 0 spiro atoms. The van der Waals surface area contributed by atoms with Crippen molar-refractivity contribution in [3.8, 4) is 11.1 Å². The van der Waals surface area contributed by atoms with Crippen LogP contribution in [0.1, 0.15) is 16.7 Å². The smallest absolute Gasteiger partial charge is 0.0904 e. The second-order valence-corrected chi connectivity index (χ2v) is 7.30. The van der Waals surface area contributed by atoms with Gasteiger partial charge in [0.1, 0.15) is 0 Å². The van der Waals surface area contributed by atoms with E-state index in [1.807, 2.05) is 0 Å². The highest BCUT2D eigenvalue weighted by molar-refractivity contribution is 5.79. The number of hydrogen-bond acceptors (Lipinski definition) is 2. The SMILES string of the molecule is Cc1cc(C)c(N2CCN(c3ccccc3-c3ccccc3)C2)c(C)c1. The molecule has 0 saturated carbocycles. The molecule has 0 aliphatic carbocycles. The van der Waals surface area contributed by atoms with Crippen molar-refractivity contribution in [3.05, 3.63) is 83.4 Å². The van der Waals surface area contributed by atoms with Crippen LogP contribution in [0.3, 0.4) is 0 Å². The van der Waals surface area contributed by atoms with Gasteiger partial charge >= 0.3 is 0 Å². The lowest BCUT2D eigenvalue weighted by molar-refractivity contribution is 0.939. The van der Waals surface area contributed by atoms with Crippen LogP contribution in [0.25, 0.3) is 11.1 Å². The molecular formula is C24H26N2. The Bertz CT molecular complexity index is 891. The molecule has 2 nitrogen and oxygen atoms in total. The Morgan fingerprint density at radius 1 is 0.692 bits per heavy atom. The van der Waals surface area contributed by atoms with Gasteiger partial charge < -0.3 is 9.80 Å². The van der Waals surface area contributed by atoms with Crippen LogP contribution in [-0.2, 0) is 0 Å². The van der Waals surface area contributed by atoms with Gasteiger partial charge in [-0.25, -0.2) is 0 Å². The van der Waals surface area contributed by atoms with Crippen LogP contribution >= 0.6 is 0 Å². The van der Waals surface area contributed by atoms with E-state index >= 15 is 0 Å². The summed E-state index contributed by atoms with van der Waals surface area (Å²) in [5, 5.41) is 0. The molecule has 1 aliphatic rings. The van der Waals surface area contributed by atoms with Gasteiger partial charge in [-0.1, -0.05) is 66.2 Å². The van der Waals surface area contributed by atoms with Crippen molar-refractivity contribution in [3.63, 3.8) is 0 Å². The van der Waals surface area contributed by atoms with Crippen LogP contribution in [0.2, 0.25) is 0 Å². The molecule has 0 bridgehead atoms. The normalized spacial score (nSPS) is 14.1. The van der Waals surface area contributed by atoms with Gasteiger partial charge in [-0.2, -0.15) is 0 Å². The lowest BCUT2D eigenvalue weighted by Gasteiger charge is -2.26. The second-order valence-electron chi connectivity index (χ2n) is 7.30. The monoisotopic (exact) mass is 342 g/mol. The first kappa shape index (κ1) is 16.7. The molecule has 4 rings (SSSR count). The zero-order valence-electron chi connectivity index (χ0n) is 15.9. The maximum Gasteiger partial charge on any atom is 0.0904 e. The number of nitrogens with zero attached hydrogens (tertiary/aromatic N) is 2. The van der Waals surface area contributed by atoms with Crippen LogP contribution in [0.5, 0.6) is 0 Å². The number of benzene rings is 3. The highest BCUT2D eigenvalue weighted by Crippen LogP contribution is 2.34. The van der Waals surface area contributed by atoms with E-state index in [9.17, 15) is 0 Å². The Morgan fingerprint density at radius 2 is 1.31 bits per heavy atom. The Morgan fingerprint density at radius 3 is 2.04 bits per heavy atom. The highest BCUT2D eigenvalue weighted by atomic mass is 15.4. The summed E-state index contributed by atoms with van der Waals surface area (Å²) in [7, 11) is 0. The molecule has 0 radical (unpaired) electrons. The molecule has 0 unspecified atom stereocenters. The fraction of sp³-hybridized carbons (Fsp3) is 0.250. The maximum absolute atomic E-state index is 2.52. The van der Waals surface area contributed by atoms with Crippen molar-refractivity contribution >= 4 is 11.4 Å². The molecule has 3 aromatic carbocycles. The van der Waals surface area contributed by atoms with Gasteiger partial charge in [0.25, 0.3) is 0 Å². The van der Waals surface area contributed by atoms with Crippen molar-refractivity contribution in [2.24, 2.45) is 0 Å². The van der Waals surface area contributed by atoms with E-state index in [0.29, 0.717) is 0 Å². The molecule has 2 heteroatoms. The third-order valence-corrected chi connectivity index (χ3v) is 5.26. The van der Waals surface area contributed by atoms with Gasteiger partial charge in [0.15, 0.2) is 0 Å². The van der Waals surface area contributed by atoms with Crippen molar-refractivity contribution < 1.29 is 0 Å². The van der Waals surface area contributed by atoms with Gasteiger partial charge in [0.2, 0.25) is 0 Å². The molecule has 0 atom stereocenters. The van der Waals surface area contributed by atoms with E-state index in [0.717, 1.165) is 19.8 Å². The summed E-state index contributed by atoms with van der Waals surface area (Å²) in [6, 6.07) is 24.0. The first-order valence-corrected chi connectivity index (χ1v) is 9.35. The molecule has 1 fully saturated rings. The Balaban J connectivity index is 1.65. The molecule has 0 amide bonds. The van der Waals surface area contributed by atoms with Gasteiger partial charge in [-0.3, -0.25) is 0 Å². The predicted octanol–water partition coefficient (Wildman–Crippen LogP) is 5.56. The molecule has 132 valence electrons. The summed E-state index contributed by atoms with van der Waals surface area (Å²) in [5.74, 6) is 0. The Kier molecular flexibility index (Phi) is 4.42. The predicted molar refractivity (Wildman–Crippen MR) is 112 cm³/mol. The fourth-order valence-corrected chi connectivity index (χ4v) is 4.25. The number of aryl methyl sites for hydroxylation is 3. The van der Waals surface area contributed by atoms with E-state index in [4.69, 9.17) is 0 Å². The third-order valence-electron chi connectivity index (χ3n) is 5.26. The van der Waals surface area contributed by atoms with Crippen LogP contribution in [0, 0.1) is 20.8 Å². The van der Waals surface area contributed by atoms with E-state index in [-0.39, 0.29) is 0 Å². The Hall–Kier alpha value is -2.74. The first-order chi connectivity index (χ1) is 12.6. The first-order valence-electron chi connectivity index (χ1n) is 9.35. The zero-order chi connectivity index (χ0) is 18.1. The number of hydrogen-bond donors (Lipinski definition) is 0. The second kappa shape index (κ2) is 6.87. The van der Waals surface area contributed by atoms with Crippen molar-refractivity contribution in [2.75, 3.05) is 29.6 Å². The summed E-state index contributed by atoms with van der Waals surface area (Å²) in [5.41, 5.74) is 9.41. The summed E-state index contributed by atoms with van der Waals surface area (Å²) >= 11 is 0. The minimum Gasteiger partial charge on any atom is -0.352 e. The van der Waals surface area contributed by atoms with Crippen molar-refractivity contribution in [2.45, 2.75) is 20.8 Å². The average Bonchev–Trinajstić information content (AvgIpc) is 3.11.